The van der Waals surface area contributed by atoms with Crippen LogP contribution in [0.3, 0.4) is 0 Å². The number of epoxide rings is 1. The lowest BCUT2D eigenvalue weighted by molar-refractivity contribution is 0.0536. The zero-order chi connectivity index (χ0) is 18.6. The molecule has 0 spiro atoms. The normalized spacial score (nSPS) is 17.6. The molecule has 1 aliphatic heterocycles. The second-order valence-corrected chi connectivity index (χ2v) is 7.09. The number of benzene rings is 2. The molecule has 0 amide bonds. The van der Waals surface area contributed by atoms with Crippen LogP contribution in [-0.4, -0.2) is 48.8 Å². The molecule has 1 fully saturated rings. The molecule has 0 bridgehead atoms. The Balaban J connectivity index is 1.64. The zero-order valence-corrected chi connectivity index (χ0v) is 15.2. The van der Waals surface area contributed by atoms with Gasteiger partial charge in [-0.1, -0.05) is 38.1 Å². The van der Waals surface area contributed by atoms with E-state index in [2.05, 4.69) is 26.0 Å². The Morgan fingerprint density at radius 3 is 1.96 bits per heavy atom. The molecule has 0 saturated carbocycles. The van der Waals surface area contributed by atoms with Gasteiger partial charge in [-0.2, -0.15) is 0 Å². The molecule has 5 heteroatoms. The fourth-order valence-electron chi connectivity index (χ4n) is 2.70. The molecule has 2 aromatic carbocycles. The van der Waals surface area contributed by atoms with Gasteiger partial charge < -0.3 is 24.4 Å². The standard InChI is InChI=1S/C21H26O5/c1-21(2,15-3-7-18(8-4-15)24-12-17(23)11-22)16-5-9-19(10-6-16)25-13-20-14-26-20/h3-10,17,20,22-23H,11-14H2,1-2H3/t17-,20+/m0/s1. The predicted molar refractivity (Wildman–Crippen MR) is 98.8 cm³/mol. The molecule has 5 nitrogen and oxygen atoms in total. The number of rotatable bonds is 9. The molecule has 2 atom stereocenters. The molecule has 0 aromatic heterocycles. The number of aliphatic hydroxyl groups is 2. The first-order valence-electron chi connectivity index (χ1n) is 8.86. The summed E-state index contributed by atoms with van der Waals surface area (Å²) in [6.07, 6.45) is -0.608. The van der Waals surface area contributed by atoms with Gasteiger partial charge in [0.1, 0.15) is 36.9 Å². The van der Waals surface area contributed by atoms with E-state index in [1.807, 2.05) is 36.4 Å². The highest BCUT2D eigenvalue weighted by molar-refractivity contribution is 5.41. The maximum absolute atomic E-state index is 9.35. The van der Waals surface area contributed by atoms with E-state index in [1.165, 1.54) is 5.56 Å². The average molecular weight is 358 g/mol. The van der Waals surface area contributed by atoms with E-state index >= 15 is 0 Å². The SMILES string of the molecule is CC(C)(c1ccc(OC[C@@H](O)CO)cc1)c1ccc(OC[C@@H]2CO2)cc1. The second-order valence-electron chi connectivity index (χ2n) is 7.09. The first-order chi connectivity index (χ1) is 12.5. The summed E-state index contributed by atoms with van der Waals surface area (Å²) in [6, 6.07) is 16.0. The topological polar surface area (TPSA) is 71.5 Å². The largest absolute Gasteiger partial charge is 0.491 e. The van der Waals surface area contributed by atoms with Gasteiger partial charge in [0.25, 0.3) is 0 Å². The second kappa shape index (κ2) is 8.08. The van der Waals surface area contributed by atoms with Gasteiger partial charge in [-0.25, -0.2) is 0 Å². The zero-order valence-electron chi connectivity index (χ0n) is 15.2. The van der Waals surface area contributed by atoms with Crippen molar-refractivity contribution in [3.8, 4) is 11.5 Å². The van der Waals surface area contributed by atoms with E-state index in [4.69, 9.17) is 19.3 Å². The van der Waals surface area contributed by atoms with Crippen molar-refractivity contribution in [1.82, 2.24) is 0 Å². The smallest absolute Gasteiger partial charge is 0.119 e. The maximum atomic E-state index is 9.35. The predicted octanol–water partition coefficient (Wildman–Crippen LogP) is 2.52. The monoisotopic (exact) mass is 358 g/mol. The highest BCUT2D eigenvalue weighted by Crippen LogP contribution is 2.33. The van der Waals surface area contributed by atoms with Crippen molar-refractivity contribution >= 4 is 0 Å². The van der Waals surface area contributed by atoms with Crippen LogP contribution >= 0.6 is 0 Å². The minimum absolute atomic E-state index is 0.0760. The molecule has 3 rings (SSSR count). The van der Waals surface area contributed by atoms with Gasteiger partial charge >= 0.3 is 0 Å². The van der Waals surface area contributed by atoms with Crippen molar-refractivity contribution < 1.29 is 24.4 Å². The lowest BCUT2D eigenvalue weighted by Crippen LogP contribution is -2.21. The van der Waals surface area contributed by atoms with Crippen molar-refractivity contribution in [2.24, 2.45) is 0 Å². The van der Waals surface area contributed by atoms with Gasteiger partial charge in [0, 0.05) is 5.41 Å². The fourth-order valence-corrected chi connectivity index (χ4v) is 2.70. The van der Waals surface area contributed by atoms with Crippen molar-refractivity contribution in [2.45, 2.75) is 31.5 Å². The van der Waals surface area contributed by atoms with Crippen LogP contribution in [0.2, 0.25) is 0 Å². The molecule has 1 aliphatic rings. The molecule has 1 saturated heterocycles. The fraction of sp³-hybridized carbons (Fsp3) is 0.429. The van der Waals surface area contributed by atoms with E-state index < -0.39 is 6.10 Å². The Morgan fingerprint density at radius 2 is 1.50 bits per heavy atom. The molecule has 26 heavy (non-hydrogen) atoms. The van der Waals surface area contributed by atoms with Crippen LogP contribution in [0.1, 0.15) is 25.0 Å². The molecule has 140 valence electrons. The van der Waals surface area contributed by atoms with Crippen molar-refractivity contribution in [1.29, 1.82) is 0 Å². The van der Waals surface area contributed by atoms with Gasteiger partial charge in [-0.15, -0.1) is 0 Å². The summed E-state index contributed by atoms with van der Waals surface area (Å²) in [7, 11) is 0. The van der Waals surface area contributed by atoms with E-state index in [9.17, 15) is 5.11 Å². The lowest BCUT2D eigenvalue weighted by Gasteiger charge is -2.26. The quantitative estimate of drug-likeness (QED) is 0.674. The third kappa shape index (κ3) is 4.75. The van der Waals surface area contributed by atoms with Gasteiger partial charge in [0.15, 0.2) is 0 Å². The summed E-state index contributed by atoms with van der Waals surface area (Å²) >= 11 is 0. The third-order valence-electron chi connectivity index (χ3n) is 4.64. The third-order valence-corrected chi connectivity index (χ3v) is 4.64. The van der Waals surface area contributed by atoms with Gasteiger partial charge in [-0.05, 0) is 35.4 Å². The van der Waals surface area contributed by atoms with Crippen LogP contribution in [0, 0.1) is 0 Å². The van der Waals surface area contributed by atoms with E-state index in [0.29, 0.717) is 12.4 Å². The van der Waals surface area contributed by atoms with Crippen molar-refractivity contribution in [3.05, 3.63) is 59.7 Å². The van der Waals surface area contributed by atoms with E-state index in [1.54, 1.807) is 0 Å². The number of hydrogen-bond donors (Lipinski definition) is 2. The highest BCUT2D eigenvalue weighted by atomic mass is 16.6. The molecule has 2 aromatic rings. The number of aliphatic hydroxyl groups excluding tert-OH is 2. The highest BCUT2D eigenvalue weighted by Gasteiger charge is 2.24. The molecule has 2 N–H and O–H groups in total. The van der Waals surface area contributed by atoms with Crippen LogP contribution in [0.15, 0.2) is 48.5 Å². The number of ether oxygens (including phenoxy) is 3. The summed E-state index contributed by atoms with van der Waals surface area (Å²) in [4.78, 5) is 0. The van der Waals surface area contributed by atoms with Gasteiger partial charge in [-0.3, -0.25) is 0 Å². The van der Waals surface area contributed by atoms with E-state index in [0.717, 1.165) is 17.9 Å². The van der Waals surface area contributed by atoms with Crippen molar-refractivity contribution in [2.75, 3.05) is 26.4 Å². The Bertz CT molecular complexity index is 689. The summed E-state index contributed by atoms with van der Waals surface area (Å²) in [5, 5.41) is 18.2. The van der Waals surface area contributed by atoms with Gasteiger partial charge in [0.05, 0.1) is 13.2 Å². The number of hydrogen-bond acceptors (Lipinski definition) is 5. The molecule has 0 radical (unpaired) electrons. The van der Waals surface area contributed by atoms with Crippen molar-refractivity contribution in [3.63, 3.8) is 0 Å². The Hall–Kier alpha value is -2.08. The van der Waals surface area contributed by atoms with E-state index in [-0.39, 0.29) is 24.7 Å². The molecule has 0 aliphatic carbocycles. The van der Waals surface area contributed by atoms with Crippen LogP contribution in [0.4, 0.5) is 0 Å². The average Bonchev–Trinajstić information content (AvgIpc) is 3.49. The Labute approximate surface area is 154 Å². The lowest BCUT2D eigenvalue weighted by atomic mass is 9.78. The molecular weight excluding hydrogens is 332 g/mol. The summed E-state index contributed by atoms with van der Waals surface area (Å²) < 4.78 is 16.3. The molecular formula is C21H26O5. The Kier molecular flexibility index (Phi) is 5.81. The van der Waals surface area contributed by atoms with Crippen LogP contribution in [0.5, 0.6) is 11.5 Å². The first-order valence-corrected chi connectivity index (χ1v) is 8.86. The van der Waals surface area contributed by atoms with Crippen LogP contribution in [-0.2, 0) is 10.2 Å². The summed E-state index contributed by atoms with van der Waals surface area (Å²) in [5.41, 5.74) is 2.19. The molecule has 1 heterocycles. The van der Waals surface area contributed by atoms with Crippen LogP contribution < -0.4 is 9.47 Å². The Morgan fingerprint density at radius 1 is 1.00 bits per heavy atom. The first kappa shape index (κ1) is 18.7. The van der Waals surface area contributed by atoms with Crippen LogP contribution in [0.25, 0.3) is 0 Å². The minimum Gasteiger partial charge on any atom is -0.491 e. The summed E-state index contributed by atoms with van der Waals surface area (Å²) in [6.45, 7) is 5.52. The minimum atomic E-state index is -0.863. The van der Waals surface area contributed by atoms with Gasteiger partial charge in [0.2, 0.25) is 0 Å². The maximum Gasteiger partial charge on any atom is 0.119 e. The summed E-state index contributed by atoms with van der Waals surface area (Å²) in [5.74, 6) is 1.52. The molecule has 0 unspecified atom stereocenters.